The number of rotatable bonds is 6. The van der Waals surface area contributed by atoms with Crippen molar-refractivity contribution in [3.63, 3.8) is 0 Å². The number of benzene rings is 1. The van der Waals surface area contributed by atoms with Crippen LogP contribution in [0.25, 0.3) is 5.69 Å². The lowest BCUT2D eigenvalue weighted by atomic mass is 9.85. The molecule has 1 aliphatic heterocycles. The SMILES string of the molecule is COc1ccc(-n2ncc(C(=O)[C@H]3CCCN(C(=O)C4CCC(OC)CC4)C3)c2N)cc1. The van der Waals surface area contributed by atoms with Crippen molar-refractivity contribution in [2.45, 2.75) is 44.6 Å². The number of carbonyl (C=O) groups excluding carboxylic acids is 2. The van der Waals surface area contributed by atoms with Gasteiger partial charge in [-0.15, -0.1) is 0 Å². The van der Waals surface area contributed by atoms with Crippen LogP contribution in [0, 0.1) is 11.8 Å². The van der Waals surface area contributed by atoms with Crippen LogP contribution in [0.1, 0.15) is 48.9 Å². The second kappa shape index (κ2) is 9.73. The first-order chi connectivity index (χ1) is 15.5. The highest BCUT2D eigenvalue weighted by molar-refractivity contribution is 6.02. The van der Waals surface area contributed by atoms with Gasteiger partial charge in [0.1, 0.15) is 11.6 Å². The Kier molecular flexibility index (Phi) is 6.79. The molecule has 0 bridgehead atoms. The van der Waals surface area contributed by atoms with Crippen LogP contribution >= 0.6 is 0 Å². The molecule has 8 nitrogen and oxygen atoms in total. The zero-order valence-corrected chi connectivity index (χ0v) is 18.8. The van der Waals surface area contributed by atoms with E-state index in [9.17, 15) is 9.59 Å². The van der Waals surface area contributed by atoms with Gasteiger partial charge in [0.2, 0.25) is 5.91 Å². The molecule has 1 amide bonds. The number of anilines is 1. The third-order valence-electron chi connectivity index (χ3n) is 6.85. The number of ketones is 1. The Labute approximate surface area is 188 Å². The Bertz CT molecular complexity index is 947. The van der Waals surface area contributed by atoms with Crippen LogP contribution in [0.5, 0.6) is 5.75 Å². The van der Waals surface area contributed by atoms with E-state index in [1.165, 1.54) is 6.20 Å². The first-order valence-corrected chi connectivity index (χ1v) is 11.4. The first-order valence-electron chi connectivity index (χ1n) is 11.4. The summed E-state index contributed by atoms with van der Waals surface area (Å²) in [6.07, 6.45) is 6.93. The van der Waals surface area contributed by atoms with Crippen molar-refractivity contribution >= 4 is 17.5 Å². The maximum Gasteiger partial charge on any atom is 0.225 e. The fourth-order valence-corrected chi connectivity index (χ4v) is 4.89. The van der Waals surface area contributed by atoms with Crippen molar-refractivity contribution in [1.29, 1.82) is 0 Å². The van der Waals surface area contributed by atoms with Gasteiger partial charge in [0.15, 0.2) is 5.78 Å². The van der Waals surface area contributed by atoms with E-state index in [-0.39, 0.29) is 29.6 Å². The van der Waals surface area contributed by atoms with Gasteiger partial charge in [0, 0.05) is 32.0 Å². The number of nitrogen functional groups attached to an aromatic ring is 1. The molecule has 2 N–H and O–H groups in total. The average Bonchev–Trinajstić information content (AvgIpc) is 3.24. The van der Waals surface area contributed by atoms with Crippen LogP contribution in [0.4, 0.5) is 5.82 Å². The van der Waals surface area contributed by atoms with Gasteiger partial charge in [-0.25, -0.2) is 4.68 Å². The van der Waals surface area contributed by atoms with Gasteiger partial charge in [-0.3, -0.25) is 9.59 Å². The Morgan fingerprint density at radius 2 is 1.75 bits per heavy atom. The monoisotopic (exact) mass is 440 g/mol. The van der Waals surface area contributed by atoms with Crippen molar-refractivity contribution in [3.05, 3.63) is 36.0 Å². The Morgan fingerprint density at radius 1 is 1.03 bits per heavy atom. The molecular weight excluding hydrogens is 408 g/mol. The number of nitrogens with two attached hydrogens (primary N) is 1. The number of likely N-dealkylation sites (tertiary alicyclic amines) is 1. The molecule has 172 valence electrons. The summed E-state index contributed by atoms with van der Waals surface area (Å²) in [4.78, 5) is 28.3. The Morgan fingerprint density at radius 3 is 2.41 bits per heavy atom. The van der Waals surface area contributed by atoms with Crippen molar-refractivity contribution in [2.24, 2.45) is 11.8 Å². The number of ether oxygens (including phenoxy) is 2. The number of nitrogens with zero attached hydrogens (tertiary/aromatic N) is 3. The predicted octanol–water partition coefficient (Wildman–Crippen LogP) is 3.09. The van der Waals surface area contributed by atoms with Crippen molar-refractivity contribution < 1.29 is 19.1 Å². The second-order valence-corrected chi connectivity index (χ2v) is 8.75. The largest absolute Gasteiger partial charge is 0.497 e. The van der Waals surface area contributed by atoms with E-state index in [0.29, 0.717) is 24.5 Å². The zero-order chi connectivity index (χ0) is 22.7. The molecule has 1 aromatic heterocycles. The summed E-state index contributed by atoms with van der Waals surface area (Å²) < 4.78 is 12.2. The summed E-state index contributed by atoms with van der Waals surface area (Å²) in [6.45, 7) is 1.17. The number of hydrogen-bond acceptors (Lipinski definition) is 6. The average molecular weight is 441 g/mol. The molecule has 2 fully saturated rings. The molecule has 32 heavy (non-hydrogen) atoms. The van der Waals surface area contributed by atoms with Gasteiger partial charge in [-0.1, -0.05) is 0 Å². The van der Waals surface area contributed by atoms with Gasteiger partial charge >= 0.3 is 0 Å². The molecule has 0 spiro atoms. The van der Waals surface area contributed by atoms with Gasteiger partial charge in [0.25, 0.3) is 0 Å². The lowest BCUT2D eigenvalue weighted by Gasteiger charge is -2.36. The van der Waals surface area contributed by atoms with Gasteiger partial charge < -0.3 is 20.1 Å². The summed E-state index contributed by atoms with van der Waals surface area (Å²) in [5, 5.41) is 4.34. The zero-order valence-electron chi connectivity index (χ0n) is 18.8. The number of piperidine rings is 1. The minimum absolute atomic E-state index is 0.0390. The lowest BCUT2D eigenvalue weighted by Crippen LogP contribution is -2.45. The first kappa shape index (κ1) is 22.3. The van der Waals surface area contributed by atoms with Crippen LogP contribution in [0.15, 0.2) is 30.5 Å². The van der Waals surface area contributed by atoms with E-state index < -0.39 is 0 Å². The number of amides is 1. The smallest absolute Gasteiger partial charge is 0.225 e. The Hall–Kier alpha value is -2.87. The van der Waals surface area contributed by atoms with Crippen molar-refractivity contribution in [3.8, 4) is 11.4 Å². The predicted molar refractivity (Wildman–Crippen MR) is 121 cm³/mol. The molecule has 8 heteroatoms. The quantitative estimate of drug-likeness (QED) is 0.693. The molecule has 1 aromatic carbocycles. The lowest BCUT2D eigenvalue weighted by molar-refractivity contribution is -0.138. The second-order valence-electron chi connectivity index (χ2n) is 8.75. The van der Waals surface area contributed by atoms with Crippen LogP contribution in [-0.2, 0) is 9.53 Å². The normalized spacial score (nSPS) is 23.7. The molecule has 0 unspecified atom stereocenters. The topological polar surface area (TPSA) is 99.7 Å². The molecule has 1 saturated heterocycles. The molecule has 2 heterocycles. The molecule has 1 saturated carbocycles. The molecule has 1 atom stereocenters. The van der Waals surface area contributed by atoms with Gasteiger partial charge in [-0.2, -0.15) is 5.10 Å². The number of Topliss-reactive ketones (excluding diaryl/α,β-unsaturated/α-hetero) is 1. The third-order valence-corrected chi connectivity index (χ3v) is 6.85. The fraction of sp³-hybridized carbons (Fsp3) is 0.542. The van der Waals surface area contributed by atoms with Gasteiger partial charge in [-0.05, 0) is 62.8 Å². The maximum absolute atomic E-state index is 13.3. The summed E-state index contributed by atoms with van der Waals surface area (Å²) >= 11 is 0. The van der Waals surface area contributed by atoms with Crippen molar-refractivity contribution in [2.75, 3.05) is 33.0 Å². The van der Waals surface area contributed by atoms with Crippen LogP contribution < -0.4 is 10.5 Å². The number of hydrogen-bond donors (Lipinski definition) is 1. The van der Waals surface area contributed by atoms with Gasteiger partial charge in [0.05, 0.1) is 30.7 Å². The van der Waals surface area contributed by atoms with E-state index in [4.69, 9.17) is 15.2 Å². The summed E-state index contributed by atoms with van der Waals surface area (Å²) in [6, 6.07) is 7.33. The summed E-state index contributed by atoms with van der Waals surface area (Å²) in [5.74, 6) is 0.985. The minimum Gasteiger partial charge on any atom is -0.497 e. The molecular formula is C24H32N4O4. The van der Waals surface area contributed by atoms with Crippen LogP contribution in [0.3, 0.4) is 0 Å². The Balaban J connectivity index is 1.43. The van der Waals surface area contributed by atoms with E-state index in [1.54, 1.807) is 18.9 Å². The maximum atomic E-state index is 13.3. The third kappa shape index (κ3) is 4.50. The fourth-order valence-electron chi connectivity index (χ4n) is 4.89. The van der Waals surface area contributed by atoms with Crippen LogP contribution in [-0.4, -0.2) is 59.8 Å². The highest BCUT2D eigenvalue weighted by atomic mass is 16.5. The molecule has 0 radical (unpaired) electrons. The number of methoxy groups -OCH3 is 2. The van der Waals surface area contributed by atoms with Crippen LogP contribution in [0.2, 0.25) is 0 Å². The standard InChI is InChI=1S/C24H32N4O4/c1-31-19-9-5-16(6-10-19)24(30)27-13-3-4-17(15-27)22(29)21-14-26-28(23(21)25)18-7-11-20(32-2)12-8-18/h7-8,11-12,14,16-17,19H,3-6,9-10,13,15,25H2,1-2H3/t16?,17-,19?/m0/s1. The van der Waals surface area contributed by atoms with E-state index in [1.807, 2.05) is 29.2 Å². The number of carbonyl (C=O) groups is 2. The minimum atomic E-state index is -0.251. The summed E-state index contributed by atoms with van der Waals surface area (Å²) in [7, 11) is 3.34. The van der Waals surface area contributed by atoms with E-state index in [2.05, 4.69) is 5.10 Å². The molecule has 4 rings (SSSR count). The van der Waals surface area contributed by atoms with E-state index in [0.717, 1.165) is 50.0 Å². The molecule has 1 aliphatic carbocycles. The summed E-state index contributed by atoms with van der Waals surface area (Å²) in [5.41, 5.74) is 7.48. The van der Waals surface area contributed by atoms with E-state index >= 15 is 0 Å². The molecule has 2 aliphatic rings. The highest BCUT2D eigenvalue weighted by Crippen LogP contribution is 2.30. The highest BCUT2D eigenvalue weighted by Gasteiger charge is 2.35. The van der Waals surface area contributed by atoms with Crippen molar-refractivity contribution in [1.82, 2.24) is 14.7 Å². The molecule has 2 aromatic rings. The number of aromatic nitrogens is 2.